The fraction of sp³-hybridized carbons (Fsp3) is 0.176. The summed E-state index contributed by atoms with van der Waals surface area (Å²) in [4.78, 5) is 24.0. The SMILES string of the molecule is CCCNC(=O)c1ccc(C(=O)Nc2cc(Cl)ccc2Cl)cc1. The van der Waals surface area contributed by atoms with E-state index in [2.05, 4.69) is 10.6 Å². The largest absolute Gasteiger partial charge is 0.352 e. The zero-order valence-corrected chi connectivity index (χ0v) is 14.0. The van der Waals surface area contributed by atoms with Crippen LogP contribution in [0, 0.1) is 0 Å². The Morgan fingerprint density at radius 3 is 2.17 bits per heavy atom. The maximum absolute atomic E-state index is 12.2. The zero-order chi connectivity index (χ0) is 16.8. The van der Waals surface area contributed by atoms with Gasteiger partial charge in [-0.25, -0.2) is 0 Å². The number of benzene rings is 2. The number of hydrogen-bond donors (Lipinski definition) is 2. The van der Waals surface area contributed by atoms with Crippen molar-refractivity contribution in [3.8, 4) is 0 Å². The van der Waals surface area contributed by atoms with Gasteiger partial charge >= 0.3 is 0 Å². The highest BCUT2D eigenvalue weighted by molar-refractivity contribution is 6.35. The van der Waals surface area contributed by atoms with Crippen molar-refractivity contribution < 1.29 is 9.59 Å². The molecule has 2 aromatic rings. The van der Waals surface area contributed by atoms with E-state index in [0.29, 0.717) is 33.4 Å². The highest BCUT2D eigenvalue weighted by Crippen LogP contribution is 2.25. The van der Waals surface area contributed by atoms with Crippen LogP contribution >= 0.6 is 23.2 Å². The van der Waals surface area contributed by atoms with E-state index in [9.17, 15) is 9.59 Å². The van der Waals surface area contributed by atoms with Gasteiger partial charge in [-0.3, -0.25) is 9.59 Å². The Kier molecular flexibility index (Phi) is 6.02. The third-order valence-electron chi connectivity index (χ3n) is 3.12. The maximum atomic E-state index is 12.2. The number of halogens is 2. The predicted molar refractivity (Wildman–Crippen MR) is 93.5 cm³/mol. The summed E-state index contributed by atoms with van der Waals surface area (Å²) in [6, 6.07) is 11.2. The molecular formula is C17H16Cl2N2O2. The number of rotatable bonds is 5. The average Bonchev–Trinajstić information content (AvgIpc) is 2.56. The summed E-state index contributed by atoms with van der Waals surface area (Å²) >= 11 is 11.9. The second kappa shape index (κ2) is 7.99. The van der Waals surface area contributed by atoms with Crippen LogP contribution in [-0.2, 0) is 0 Å². The molecule has 0 fully saturated rings. The van der Waals surface area contributed by atoms with Crippen molar-refractivity contribution in [2.24, 2.45) is 0 Å². The van der Waals surface area contributed by atoms with Crippen molar-refractivity contribution in [2.45, 2.75) is 13.3 Å². The first-order valence-corrected chi connectivity index (χ1v) is 7.91. The maximum Gasteiger partial charge on any atom is 0.255 e. The Bertz CT molecular complexity index is 715. The van der Waals surface area contributed by atoms with Gasteiger partial charge in [0.2, 0.25) is 0 Å². The molecule has 0 aliphatic heterocycles. The first-order chi connectivity index (χ1) is 11.0. The number of carbonyl (C=O) groups is 2. The first-order valence-electron chi connectivity index (χ1n) is 7.16. The molecule has 0 atom stereocenters. The molecule has 0 radical (unpaired) electrons. The minimum atomic E-state index is -0.324. The first kappa shape index (κ1) is 17.3. The minimum Gasteiger partial charge on any atom is -0.352 e. The van der Waals surface area contributed by atoms with Gasteiger partial charge in [0.1, 0.15) is 0 Å². The van der Waals surface area contributed by atoms with Gasteiger partial charge in [-0.1, -0.05) is 30.1 Å². The second-order valence-electron chi connectivity index (χ2n) is 4.91. The van der Waals surface area contributed by atoms with Crippen molar-refractivity contribution in [3.63, 3.8) is 0 Å². The van der Waals surface area contributed by atoms with Crippen LogP contribution in [0.5, 0.6) is 0 Å². The number of amides is 2. The summed E-state index contributed by atoms with van der Waals surface area (Å²) in [6.45, 7) is 2.60. The van der Waals surface area contributed by atoms with Crippen LogP contribution in [-0.4, -0.2) is 18.4 Å². The molecule has 0 saturated heterocycles. The van der Waals surface area contributed by atoms with Crippen LogP contribution in [0.3, 0.4) is 0 Å². The van der Waals surface area contributed by atoms with E-state index in [1.54, 1.807) is 42.5 Å². The topological polar surface area (TPSA) is 58.2 Å². The van der Waals surface area contributed by atoms with Crippen LogP contribution in [0.4, 0.5) is 5.69 Å². The zero-order valence-electron chi connectivity index (χ0n) is 12.5. The Hall–Kier alpha value is -2.04. The van der Waals surface area contributed by atoms with Crippen molar-refractivity contribution in [1.29, 1.82) is 0 Å². The predicted octanol–water partition coefficient (Wildman–Crippen LogP) is 4.39. The Morgan fingerprint density at radius 1 is 0.957 bits per heavy atom. The average molecular weight is 351 g/mol. The van der Waals surface area contributed by atoms with Gasteiger partial charge in [-0.2, -0.15) is 0 Å². The van der Waals surface area contributed by atoms with Gasteiger partial charge in [0.15, 0.2) is 0 Å². The van der Waals surface area contributed by atoms with Crippen molar-refractivity contribution >= 4 is 40.7 Å². The molecule has 6 heteroatoms. The van der Waals surface area contributed by atoms with Crippen LogP contribution in [0.1, 0.15) is 34.1 Å². The molecular weight excluding hydrogens is 335 g/mol. The third kappa shape index (κ3) is 4.71. The van der Waals surface area contributed by atoms with Crippen LogP contribution in [0.25, 0.3) is 0 Å². The van der Waals surface area contributed by atoms with Crippen LogP contribution < -0.4 is 10.6 Å². The summed E-state index contributed by atoms with van der Waals surface area (Å²) in [5.41, 5.74) is 1.37. The number of nitrogens with one attached hydrogen (secondary N) is 2. The molecule has 0 unspecified atom stereocenters. The third-order valence-corrected chi connectivity index (χ3v) is 3.69. The minimum absolute atomic E-state index is 0.156. The molecule has 0 saturated carbocycles. The molecule has 2 N–H and O–H groups in total. The molecule has 2 amide bonds. The van der Waals surface area contributed by atoms with E-state index >= 15 is 0 Å². The van der Waals surface area contributed by atoms with Gasteiger partial charge in [0.25, 0.3) is 11.8 Å². The molecule has 4 nitrogen and oxygen atoms in total. The Morgan fingerprint density at radius 2 is 1.57 bits per heavy atom. The van der Waals surface area contributed by atoms with Crippen LogP contribution in [0.2, 0.25) is 10.0 Å². The van der Waals surface area contributed by atoms with Crippen molar-refractivity contribution in [1.82, 2.24) is 5.32 Å². The molecule has 23 heavy (non-hydrogen) atoms. The van der Waals surface area contributed by atoms with Crippen LogP contribution in [0.15, 0.2) is 42.5 Å². The smallest absolute Gasteiger partial charge is 0.255 e. The lowest BCUT2D eigenvalue weighted by atomic mass is 10.1. The Labute approximate surface area is 144 Å². The molecule has 0 bridgehead atoms. The fourth-order valence-corrected chi connectivity index (χ4v) is 2.24. The van der Waals surface area contributed by atoms with E-state index in [-0.39, 0.29) is 11.8 Å². The quantitative estimate of drug-likeness (QED) is 0.840. The molecule has 0 aliphatic rings. The van der Waals surface area contributed by atoms with Crippen molar-refractivity contribution in [3.05, 3.63) is 63.6 Å². The monoisotopic (exact) mass is 350 g/mol. The molecule has 0 heterocycles. The lowest BCUT2D eigenvalue weighted by Crippen LogP contribution is -2.24. The number of anilines is 1. The number of carbonyl (C=O) groups excluding carboxylic acids is 2. The van der Waals surface area contributed by atoms with Gasteiger partial charge in [0, 0.05) is 22.7 Å². The lowest BCUT2D eigenvalue weighted by Gasteiger charge is -2.08. The molecule has 2 aromatic carbocycles. The van der Waals surface area contributed by atoms with Gasteiger partial charge in [0.05, 0.1) is 10.7 Å². The molecule has 120 valence electrons. The highest BCUT2D eigenvalue weighted by atomic mass is 35.5. The summed E-state index contributed by atoms with van der Waals surface area (Å²) < 4.78 is 0. The fourth-order valence-electron chi connectivity index (χ4n) is 1.90. The van der Waals surface area contributed by atoms with E-state index in [4.69, 9.17) is 23.2 Å². The van der Waals surface area contributed by atoms with E-state index < -0.39 is 0 Å². The molecule has 0 aliphatic carbocycles. The second-order valence-corrected chi connectivity index (χ2v) is 5.76. The lowest BCUT2D eigenvalue weighted by molar-refractivity contribution is 0.0951. The van der Waals surface area contributed by atoms with Gasteiger partial charge < -0.3 is 10.6 Å². The van der Waals surface area contributed by atoms with E-state index in [1.165, 1.54) is 0 Å². The summed E-state index contributed by atoms with van der Waals surface area (Å²) in [5.74, 6) is -0.480. The molecule has 2 rings (SSSR count). The summed E-state index contributed by atoms with van der Waals surface area (Å²) in [6.07, 6.45) is 0.868. The standard InChI is InChI=1S/C17H16Cl2N2O2/c1-2-9-20-16(22)11-3-5-12(6-4-11)17(23)21-15-10-13(18)7-8-14(15)19/h3-8,10H,2,9H2,1H3,(H,20,22)(H,21,23). The summed E-state index contributed by atoms with van der Waals surface area (Å²) in [7, 11) is 0. The van der Waals surface area contributed by atoms with Crippen molar-refractivity contribution in [2.75, 3.05) is 11.9 Å². The van der Waals surface area contributed by atoms with Gasteiger partial charge in [-0.05, 0) is 48.9 Å². The van der Waals surface area contributed by atoms with Gasteiger partial charge in [-0.15, -0.1) is 0 Å². The Balaban J connectivity index is 2.08. The van der Waals surface area contributed by atoms with E-state index in [0.717, 1.165) is 6.42 Å². The normalized spacial score (nSPS) is 10.2. The molecule has 0 spiro atoms. The number of hydrogen-bond acceptors (Lipinski definition) is 2. The molecule has 0 aromatic heterocycles. The van der Waals surface area contributed by atoms with E-state index in [1.807, 2.05) is 6.92 Å². The summed E-state index contributed by atoms with van der Waals surface area (Å²) in [5, 5.41) is 6.35. The highest BCUT2D eigenvalue weighted by Gasteiger charge is 2.10.